The molecule has 2 rings (SSSR count). The van der Waals surface area contributed by atoms with Crippen LogP contribution in [0.3, 0.4) is 0 Å². The number of benzene rings is 1. The molecule has 1 aromatic carbocycles. The van der Waals surface area contributed by atoms with Crippen LogP contribution in [0.25, 0.3) is 10.9 Å². The lowest BCUT2D eigenvalue weighted by atomic mass is 10.0. The number of nitrogens with two attached hydrogens (primary N) is 3. The van der Waals surface area contributed by atoms with Gasteiger partial charge in [-0.05, 0) is 44.4 Å². The number of rotatable bonds is 16. The predicted molar refractivity (Wildman–Crippen MR) is 140 cm³/mol. The van der Waals surface area contributed by atoms with Crippen LogP contribution in [0.2, 0.25) is 0 Å². The number of carboxylic acids is 1. The van der Waals surface area contributed by atoms with Crippen LogP contribution in [-0.2, 0) is 30.4 Å². The van der Waals surface area contributed by atoms with Crippen molar-refractivity contribution in [1.29, 1.82) is 0 Å². The Morgan fingerprint density at radius 1 is 0.947 bits per heavy atom. The number of primary amides is 1. The summed E-state index contributed by atoms with van der Waals surface area (Å²) in [7, 11) is 0. The van der Waals surface area contributed by atoms with Crippen LogP contribution in [0.5, 0.6) is 0 Å². The first-order chi connectivity index (χ1) is 18.0. The van der Waals surface area contributed by atoms with E-state index in [-0.39, 0.29) is 19.3 Å². The molecular formula is C25H37N7O6. The molecule has 0 fully saturated rings. The number of fused-ring (bicyclic) bond motifs is 1. The summed E-state index contributed by atoms with van der Waals surface area (Å²) >= 11 is 0. The van der Waals surface area contributed by atoms with Gasteiger partial charge in [-0.25, -0.2) is 4.79 Å². The van der Waals surface area contributed by atoms with Crippen molar-refractivity contribution >= 4 is 40.5 Å². The molecule has 13 heteroatoms. The minimum Gasteiger partial charge on any atom is -0.480 e. The van der Waals surface area contributed by atoms with Crippen LogP contribution in [-0.4, -0.2) is 70.4 Å². The van der Waals surface area contributed by atoms with Crippen LogP contribution in [0.1, 0.15) is 44.6 Å². The average Bonchev–Trinajstić information content (AvgIpc) is 3.28. The number of amides is 4. The number of unbranched alkanes of at least 4 members (excludes halogenated alkanes) is 1. The highest BCUT2D eigenvalue weighted by Crippen LogP contribution is 2.19. The fourth-order valence-electron chi connectivity index (χ4n) is 3.87. The van der Waals surface area contributed by atoms with Gasteiger partial charge in [-0.2, -0.15) is 0 Å². The van der Waals surface area contributed by atoms with Gasteiger partial charge in [0.15, 0.2) is 0 Å². The Hall–Kier alpha value is -3.97. The Morgan fingerprint density at radius 2 is 1.63 bits per heavy atom. The van der Waals surface area contributed by atoms with Gasteiger partial charge < -0.3 is 43.2 Å². The van der Waals surface area contributed by atoms with Crippen LogP contribution >= 0.6 is 0 Å². The molecule has 0 saturated carbocycles. The molecule has 0 aliphatic rings. The number of aromatic nitrogens is 1. The van der Waals surface area contributed by atoms with E-state index < -0.39 is 53.8 Å². The number of hydrogen-bond acceptors (Lipinski definition) is 7. The van der Waals surface area contributed by atoms with E-state index in [9.17, 15) is 29.1 Å². The smallest absolute Gasteiger partial charge is 0.326 e. The van der Waals surface area contributed by atoms with E-state index in [2.05, 4.69) is 20.9 Å². The summed E-state index contributed by atoms with van der Waals surface area (Å²) in [5.41, 5.74) is 18.0. The van der Waals surface area contributed by atoms with Gasteiger partial charge in [-0.1, -0.05) is 24.6 Å². The van der Waals surface area contributed by atoms with Crippen molar-refractivity contribution in [3.05, 3.63) is 36.0 Å². The zero-order chi connectivity index (χ0) is 28.2. The highest BCUT2D eigenvalue weighted by atomic mass is 16.4. The molecule has 1 heterocycles. The number of carbonyl (C=O) groups excluding carboxylic acids is 4. The standard InChI is InChI=1S/C25H37N7O6/c1-14(30-23(35)17(27)7-4-5-11-26)22(34)31-19(9-10-21(28)33)24(36)32-20(25(37)38)12-15-13-29-18-8-3-2-6-16(15)18/h2-3,6,8,13-14,17,19-20,29H,4-5,7,9-12,26-27H2,1H3,(H2,28,33)(H,30,35)(H,31,34)(H,32,36)(H,37,38). The summed E-state index contributed by atoms with van der Waals surface area (Å²) in [6, 6.07) is 2.88. The number of aromatic amines is 1. The predicted octanol–water partition coefficient (Wildman–Crippen LogP) is -1.01. The Labute approximate surface area is 220 Å². The lowest BCUT2D eigenvalue weighted by molar-refractivity contribution is -0.142. The van der Waals surface area contributed by atoms with Gasteiger partial charge in [0.2, 0.25) is 23.6 Å². The van der Waals surface area contributed by atoms with Gasteiger partial charge in [0.1, 0.15) is 18.1 Å². The van der Waals surface area contributed by atoms with E-state index in [4.69, 9.17) is 17.2 Å². The Balaban J connectivity index is 2.06. The third-order valence-electron chi connectivity index (χ3n) is 6.08. The molecular weight excluding hydrogens is 494 g/mol. The average molecular weight is 532 g/mol. The second kappa shape index (κ2) is 14.7. The molecule has 208 valence electrons. The first kappa shape index (κ1) is 30.3. The minimum atomic E-state index is -1.31. The van der Waals surface area contributed by atoms with Crippen molar-refractivity contribution in [3.63, 3.8) is 0 Å². The molecule has 38 heavy (non-hydrogen) atoms. The van der Waals surface area contributed by atoms with Crippen molar-refractivity contribution < 1.29 is 29.1 Å². The fraction of sp³-hybridized carbons (Fsp3) is 0.480. The summed E-state index contributed by atoms with van der Waals surface area (Å²) in [5.74, 6) is -4.01. The molecule has 0 bridgehead atoms. The lowest BCUT2D eigenvalue weighted by Gasteiger charge is -2.23. The van der Waals surface area contributed by atoms with E-state index in [0.717, 1.165) is 10.9 Å². The molecule has 13 nitrogen and oxygen atoms in total. The number of H-pyrrole nitrogens is 1. The molecule has 2 aromatic rings. The molecule has 4 unspecified atom stereocenters. The van der Waals surface area contributed by atoms with Crippen LogP contribution in [0.15, 0.2) is 30.5 Å². The van der Waals surface area contributed by atoms with E-state index in [0.29, 0.717) is 31.4 Å². The monoisotopic (exact) mass is 531 g/mol. The van der Waals surface area contributed by atoms with Gasteiger partial charge in [0, 0.05) is 29.9 Å². The molecule has 0 spiro atoms. The summed E-state index contributed by atoms with van der Waals surface area (Å²) in [5, 5.41) is 18.0. The SMILES string of the molecule is CC(NC(=O)C(N)CCCCN)C(=O)NC(CCC(N)=O)C(=O)NC(Cc1c[nH]c2ccccc12)C(=O)O. The quantitative estimate of drug-likeness (QED) is 0.125. The van der Waals surface area contributed by atoms with Gasteiger partial charge >= 0.3 is 5.97 Å². The second-order valence-corrected chi connectivity index (χ2v) is 9.15. The Morgan fingerprint density at radius 3 is 2.29 bits per heavy atom. The normalized spacial score (nSPS) is 14.2. The summed E-state index contributed by atoms with van der Waals surface area (Å²) in [6.07, 6.45) is 3.03. The third-order valence-corrected chi connectivity index (χ3v) is 6.08. The van der Waals surface area contributed by atoms with Crippen LogP contribution in [0.4, 0.5) is 0 Å². The molecule has 1 aromatic heterocycles. The maximum atomic E-state index is 13.0. The van der Waals surface area contributed by atoms with Gasteiger partial charge in [-0.3, -0.25) is 19.2 Å². The van der Waals surface area contributed by atoms with Gasteiger partial charge in [0.05, 0.1) is 6.04 Å². The molecule has 0 radical (unpaired) electrons. The molecule has 11 N–H and O–H groups in total. The second-order valence-electron chi connectivity index (χ2n) is 9.15. The first-order valence-corrected chi connectivity index (χ1v) is 12.5. The van der Waals surface area contributed by atoms with Crippen LogP contribution in [0, 0.1) is 0 Å². The van der Waals surface area contributed by atoms with Gasteiger partial charge in [0.25, 0.3) is 0 Å². The maximum absolute atomic E-state index is 13.0. The number of nitrogens with one attached hydrogen (secondary N) is 4. The zero-order valence-electron chi connectivity index (χ0n) is 21.4. The number of hydrogen-bond donors (Lipinski definition) is 8. The maximum Gasteiger partial charge on any atom is 0.326 e. The Bertz CT molecular complexity index is 1130. The van der Waals surface area contributed by atoms with Gasteiger partial charge in [-0.15, -0.1) is 0 Å². The number of carbonyl (C=O) groups is 5. The van der Waals surface area contributed by atoms with Crippen molar-refractivity contribution in [3.8, 4) is 0 Å². The number of aliphatic carboxylic acids is 1. The highest BCUT2D eigenvalue weighted by Gasteiger charge is 2.29. The fourth-order valence-corrected chi connectivity index (χ4v) is 3.87. The minimum absolute atomic E-state index is 0.0178. The molecule has 0 aliphatic heterocycles. The first-order valence-electron chi connectivity index (χ1n) is 12.5. The van der Waals surface area contributed by atoms with Crippen molar-refractivity contribution in [2.45, 2.75) is 69.6 Å². The summed E-state index contributed by atoms with van der Waals surface area (Å²) in [4.78, 5) is 64.4. The van der Waals surface area contributed by atoms with Crippen molar-refractivity contribution in [2.24, 2.45) is 17.2 Å². The third kappa shape index (κ3) is 9.16. The van der Waals surface area contributed by atoms with Crippen molar-refractivity contribution in [2.75, 3.05) is 6.54 Å². The summed E-state index contributed by atoms with van der Waals surface area (Å²) in [6.45, 7) is 1.90. The van der Waals surface area contributed by atoms with E-state index in [1.807, 2.05) is 24.3 Å². The Kier molecular flexibility index (Phi) is 11.7. The van der Waals surface area contributed by atoms with E-state index in [1.165, 1.54) is 6.92 Å². The molecule has 4 atom stereocenters. The number of para-hydroxylation sites is 1. The number of carboxylic acid groups (broad SMARTS) is 1. The molecule has 0 aliphatic carbocycles. The molecule has 4 amide bonds. The van der Waals surface area contributed by atoms with Crippen LogP contribution < -0.4 is 33.2 Å². The van der Waals surface area contributed by atoms with E-state index >= 15 is 0 Å². The molecule has 0 saturated heterocycles. The zero-order valence-corrected chi connectivity index (χ0v) is 21.4. The highest BCUT2D eigenvalue weighted by molar-refractivity contribution is 5.94. The lowest BCUT2D eigenvalue weighted by Crippen LogP contribution is -2.56. The largest absolute Gasteiger partial charge is 0.480 e. The van der Waals surface area contributed by atoms with Crippen molar-refractivity contribution in [1.82, 2.24) is 20.9 Å². The summed E-state index contributed by atoms with van der Waals surface area (Å²) < 4.78 is 0. The topological polar surface area (TPSA) is 236 Å². The van der Waals surface area contributed by atoms with E-state index in [1.54, 1.807) is 6.20 Å².